The topological polar surface area (TPSA) is 70.9 Å². The maximum Gasteiger partial charge on any atom is 0.344 e. The van der Waals surface area contributed by atoms with Crippen LogP contribution in [-0.4, -0.2) is 37.1 Å². The fourth-order valence-corrected chi connectivity index (χ4v) is 2.60. The van der Waals surface area contributed by atoms with Crippen molar-refractivity contribution in [1.29, 1.82) is 0 Å². The number of thioether (sulfide) groups is 1. The van der Waals surface area contributed by atoms with Crippen LogP contribution in [0.25, 0.3) is 0 Å². The molecule has 0 amide bonds. The molecule has 0 radical (unpaired) electrons. The van der Waals surface area contributed by atoms with Crippen molar-refractivity contribution in [2.24, 2.45) is 0 Å². The Morgan fingerprint density at radius 2 is 2.33 bits per heavy atom. The third-order valence-corrected chi connectivity index (χ3v) is 3.62. The SMILES string of the molecule is CC(C)n1c(SCC(O)CBr)n[nH]c1=O. The van der Waals surface area contributed by atoms with Gasteiger partial charge in [0.1, 0.15) is 0 Å². The van der Waals surface area contributed by atoms with Gasteiger partial charge in [0, 0.05) is 17.1 Å². The number of aliphatic hydroxyl groups excluding tert-OH is 1. The number of hydrogen-bond donors (Lipinski definition) is 2. The van der Waals surface area contributed by atoms with E-state index in [-0.39, 0.29) is 11.7 Å². The molecule has 2 N–H and O–H groups in total. The largest absolute Gasteiger partial charge is 0.391 e. The number of aromatic nitrogens is 3. The molecule has 0 spiro atoms. The summed E-state index contributed by atoms with van der Waals surface area (Å²) in [7, 11) is 0. The molecule has 0 bridgehead atoms. The van der Waals surface area contributed by atoms with Gasteiger partial charge in [0.15, 0.2) is 5.16 Å². The van der Waals surface area contributed by atoms with E-state index in [9.17, 15) is 9.90 Å². The first-order chi connectivity index (χ1) is 7.06. The van der Waals surface area contributed by atoms with E-state index in [0.717, 1.165) is 0 Å². The van der Waals surface area contributed by atoms with Crippen LogP contribution < -0.4 is 5.69 Å². The number of H-pyrrole nitrogens is 1. The average Bonchev–Trinajstić information content (AvgIpc) is 2.56. The lowest BCUT2D eigenvalue weighted by Crippen LogP contribution is -2.20. The van der Waals surface area contributed by atoms with E-state index < -0.39 is 6.10 Å². The Labute approximate surface area is 100 Å². The molecule has 0 aliphatic heterocycles. The number of rotatable bonds is 5. The molecule has 86 valence electrons. The Hall–Kier alpha value is -0.270. The summed E-state index contributed by atoms with van der Waals surface area (Å²) < 4.78 is 1.58. The Kier molecular flexibility index (Phi) is 4.88. The zero-order chi connectivity index (χ0) is 11.4. The Morgan fingerprint density at radius 3 is 2.87 bits per heavy atom. The normalized spacial score (nSPS) is 13.4. The van der Waals surface area contributed by atoms with Gasteiger partial charge in [-0.15, -0.1) is 5.10 Å². The van der Waals surface area contributed by atoms with E-state index in [2.05, 4.69) is 26.1 Å². The molecule has 5 nitrogen and oxygen atoms in total. The van der Waals surface area contributed by atoms with Crippen LogP contribution in [0.3, 0.4) is 0 Å². The molecule has 7 heteroatoms. The van der Waals surface area contributed by atoms with Gasteiger partial charge in [0.05, 0.1) is 6.10 Å². The van der Waals surface area contributed by atoms with Crippen molar-refractivity contribution in [2.75, 3.05) is 11.1 Å². The van der Waals surface area contributed by atoms with Crippen LogP contribution in [0, 0.1) is 0 Å². The van der Waals surface area contributed by atoms with Gasteiger partial charge in [-0.3, -0.25) is 4.57 Å². The van der Waals surface area contributed by atoms with Crippen LogP contribution in [0.2, 0.25) is 0 Å². The molecule has 0 aromatic carbocycles. The molecule has 1 unspecified atom stereocenters. The minimum Gasteiger partial charge on any atom is -0.391 e. The molecule has 0 aliphatic carbocycles. The Balaban J connectivity index is 2.73. The Bertz CT molecular complexity index is 363. The first-order valence-electron chi connectivity index (χ1n) is 4.60. The van der Waals surface area contributed by atoms with Crippen LogP contribution in [0.1, 0.15) is 19.9 Å². The summed E-state index contributed by atoms with van der Waals surface area (Å²) in [6, 6.07) is 0.0693. The fourth-order valence-electron chi connectivity index (χ4n) is 1.06. The molecule has 0 aliphatic rings. The zero-order valence-corrected chi connectivity index (χ0v) is 11.0. The van der Waals surface area contributed by atoms with Crippen molar-refractivity contribution in [3.05, 3.63) is 10.5 Å². The summed E-state index contributed by atoms with van der Waals surface area (Å²) >= 11 is 4.55. The molecule has 1 heterocycles. The van der Waals surface area contributed by atoms with Crippen molar-refractivity contribution in [1.82, 2.24) is 14.8 Å². The van der Waals surface area contributed by atoms with Gasteiger partial charge in [-0.05, 0) is 13.8 Å². The van der Waals surface area contributed by atoms with E-state index in [0.29, 0.717) is 16.2 Å². The first kappa shape index (κ1) is 12.8. The van der Waals surface area contributed by atoms with Gasteiger partial charge in [-0.25, -0.2) is 9.89 Å². The molecule has 0 saturated heterocycles. The standard InChI is InChI=1S/C8H14BrN3O2S/c1-5(2)12-7(14)10-11-8(12)15-4-6(13)3-9/h5-6,13H,3-4H2,1-2H3,(H,10,14). The number of alkyl halides is 1. The van der Waals surface area contributed by atoms with Gasteiger partial charge in [-0.1, -0.05) is 27.7 Å². The number of halogens is 1. The van der Waals surface area contributed by atoms with Gasteiger partial charge in [0.2, 0.25) is 0 Å². The molecular weight excluding hydrogens is 282 g/mol. The fraction of sp³-hybridized carbons (Fsp3) is 0.750. The van der Waals surface area contributed by atoms with Crippen LogP contribution in [-0.2, 0) is 0 Å². The summed E-state index contributed by atoms with van der Waals surface area (Å²) in [6.45, 7) is 3.84. The first-order valence-corrected chi connectivity index (χ1v) is 6.70. The maximum atomic E-state index is 11.4. The highest BCUT2D eigenvalue weighted by Gasteiger charge is 2.13. The van der Waals surface area contributed by atoms with Gasteiger partial charge >= 0.3 is 5.69 Å². The summed E-state index contributed by atoms with van der Waals surface area (Å²) in [6.07, 6.45) is -0.428. The van der Waals surface area contributed by atoms with Gasteiger partial charge < -0.3 is 5.11 Å². The van der Waals surface area contributed by atoms with Gasteiger partial charge in [0.25, 0.3) is 0 Å². The van der Waals surface area contributed by atoms with Crippen molar-refractivity contribution in [3.8, 4) is 0 Å². The predicted octanol–water partition coefficient (Wildman–Crippen LogP) is 1.00. The lowest BCUT2D eigenvalue weighted by molar-refractivity contribution is 0.226. The van der Waals surface area contributed by atoms with Crippen molar-refractivity contribution < 1.29 is 5.11 Å². The number of nitrogens with zero attached hydrogens (tertiary/aromatic N) is 2. The third-order valence-electron chi connectivity index (χ3n) is 1.77. The molecule has 1 aromatic rings. The monoisotopic (exact) mass is 295 g/mol. The van der Waals surface area contributed by atoms with Crippen LogP contribution in [0.5, 0.6) is 0 Å². The van der Waals surface area contributed by atoms with E-state index in [1.165, 1.54) is 11.8 Å². The highest BCUT2D eigenvalue weighted by atomic mass is 79.9. The van der Waals surface area contributed by atoms with Crippen molar-refractivity contribution in [3.63, 3.8) is 0 Å². The third kappa shape index (κ3) is 3.35. The lowest BCUT2D eigenvalue weighted by atomic mass is 10.4. The molecule has 0 saturated carbocycles. The van der Waals surface area contributed by atoms with E-state index in [1.807, 2.05) is 13.8 Å². The molecule has 15 heavy (non-hydrogen) atoms. The van der Waals surface area contributed by atoms with Crippen LogP contribution in [0.4, 0.5) is 0 Å². The molecule has 1 atom stereocenters. The number of aromatic amines is 1. The smallest absolute Gasteiger partial charge is 0.344 e. The molecular formula is C8H14BrN3O2S. The molecule has 1 rings (SSSR count). The maximum absolute atomic E-state index is 11.4. The average molecular weight is 296 g/mol. The van der Waals surface area contributed by atoms with E-state index in [1.54, 1.807) is 4.57 Å². The molecule has 0 fully saturated rings. The number of hydrogen-bond acceptors (Lipinski definition) is 4. The molecule has 1 aromatic heterocycles. The zero-order valence-electron chi connectivity index (χ0n) is 8.61. The number of aliphatic hydroxyl groups is 1. The number of nitrogens with one attached hydrogen (secondary N) is 1. The Morgan fingerprint density at radius 1 is 1.67 bits per heavy atom. The van der Waals surface area contributed by atoms with E-state index in [4.69, 9.17) is 0 Å². The highest BCUT2D eigenvalue weighted by Crippen LogP contribution is 2.17. The van der Waals surface area contributed by atoms with Gasteiger partial charge in [-0.2, -0.15) is 0 Å². The minimum atomic E-state index is -0.428. The van der Waals surface area contributed by atoms with Crippen molar-refractivity contribution >= 4 is 27.7 Å². The summed E-state index contributed by atoms with van der Waals surface area (Å²) in [5, 5.41) is 16.8. The lowest BCUT2D eigenvalue weighted by Gasteiger charge is -2.09. The minimum absolute atomic E-state index is 0.0693. The van der Waals surface area contributed by atoms with Crippen molar-refractivity contribution in [2.45, 2.75) is 31.1 Å². The second-order valence-corrected chi connectivity index (χ2v) is 5.03. The highest BCUT2D eigenvalue weighted by molar-refractivity contribution is 9.09. The predicted molar refractivity (Wildman–Crippen MR) is 63.8 cm³/mol. The summed E-state index contributed by atoms with van der Waals surface area (Å²) in [5.74, 6) is 0.516. The quantitative estimate of drug-likeness (QED) is 0.628. The van der Waals surface area contributed by atoms with Crippen LogP contribution in [0.15, 0.2) is 9.95 Å². The summed E-state index contributed by atoms with van der Waals surface area (Å²) in [4.78, 5) is 11.4. The second kappa shape index (κ2) is 5.72. The summed E-state index contributed by atoms with van der Waals surface area (Å²) in [5.41, 5.74) is -0.208. The van der Waals surface area contributed by atoms with E-state index >= 15 is 0 Å². The van der Waals surface area contributed by atoms with Crippen LogP contribution >= 0.6 is 27.7 Å². The second-order valence-electron chi connectivity index (χ2n) is 3.39.